The molecule has 2 N–H and O–H groups in total. The molecule has 0 bridgehead atoms. The number of nitrogens with zero attached hydrogens (tertiary/aromatic N) is 2. The second-order valence-electron chi connectivity index (χ2n) is 5.81. The lowest BCUT2D eigenvalue weighted by atomic mass is 10.1. The minimum Gasteiger partial charge on any atom is -0.482 e. The van der Waals surface area contributed by atoms with Crippen LogP contribution >= 0.6 is 0 Å². The monoisotopic (exact) mass is 336 g/mol. The van der Waals surface area contributed by atoms with Gasteiger partial charge in [0.2, 0.25) is 0 Å². The van der Waals surface area contributed by atoms with Gasteiger partial charge in [0.1, 0.15) is 11.6 Å². The minimum absolute atomic E-state index is 0.0437. The molecule has 126 valence electrons. The van der Waals surface area contributed by atoms with Gasteiger partial charge in [-0.2, -0.15) is 0 Å². The SMILES string of the molecule is Cn1c(CNC(=O)c2ccc3c(c2)OCC(=O)N3)nc2ccccc21. The van der Waals surface area contributed by atoms with Crippen LogP contribution < -0.4 is 15.4 Å². The lowest BCUT2D eigenvalue weighted by Gasteiger charge is -2.18. The van der Waals surface area contributed by atoms with Crippen molar-refractivity contribution in [3.63, 3.8) is 0 Å². The Balaban J connectivity index is 1.50. The lowest BCUT2D eigenvalue weighted by molar-refractivity contribution is -0.118. The third kappa shape index (κ3) is 2.80. The highest BCUT2D eigenvalue weighted by Crippen LogP contribution is 2.28. The first-order chi connectivity index (χ1) is 12.1. The number of aromatic nitrogens is 2. The van der Waals surface area contributed by atoms with Crippen molar-refractivity contribution in [3.05, 3.63) is 53.9 Å². The number of carbonyl (C=O) groups is 2. The summed E-state index contributed by atoms with van der Waals surface area (Å²) in [6.45, 7) is 0.274. The number of hydrogen-bond donors (Lipinski definition) is 2. The average molecular weight is 336 g/mol. The molecule has 0 radical (unpaired) electrons. The van der Waals surface area contributed by atoms with Crippen LogP contribution in [0.2, 0.25) is 0 Å². The molecular formula is C18H16N4O3. The second-order valence-corrected chi connectivity index (χ2v) is 5.81. The van der Waals surface area contributed by atoms with Crippen molar-refractivity contribution < 1.29 is 14.3 Å². The number of aryl methyl sites for hydroxylation is 1. The van der Waals surface area contributed by atoms with E-state index in [1.807, 2.05) is 35.9 Å². The fourth-order valence-corrected chi connectivity index (χ4v) is 2.83. The molecule has 4 rings (SSSR count). The van der Waals surface area contributed by atoms with E-state index in [0.29, 0.717) is 23.5 Å². The highest BCUT2D eigenvalue weighted by molar-refractivity contribution is 5.99. The molecule has 2 aromatic carbocycles. The topological polar surface area (TPSA) is 85.2 Å². The Morgan fingerprint density at radius 1 is 1.32 bits per heavy atom. The summed E-state index contributed by atoms with van der Waals surface area (Å²) >= 11 is 0. The predicted octanol–water partition coefficient (Wildman–Crippen LogP) is 1.83. The fourth-order valence-electron chi connectivity index (χ4n) is 2.83. The number of para-hydroxylation sites is 2. The van der Waals surface area contributed by atoms with E-state index < -0.39 is 0 Å². The van der Waals surface area contributed by atoms with Crippen LogP contribution in [0.5, 0.6) is 5.75 Å². The van der Waals surface area contributed by atoms with E-state index in [4.69, 9.17) is 4.74 Å². The third-order valence-corrected chi connectivity index (χ3v) is 4.16. The minimum atomic E-state index is -0.227. The van der Waals surface area contributed by atoms with Gasteiger partial charge in [-0.3, -0.25) is 9.59 Å². The van der Waals surface area contributed by atoms with Crippen molar-refractivity contribution in [2.24, 2.45) is 7.05 Å². The standard InChI is InChI=1S/C18H16N4O3/c1-22-14-5-3-2-4-12(14)20-16(22)9-19-18(24)11-6-7-13-15(8-11)25-10-17(23)21-13/h2-8H,9-10H2,1H3,(H,19,24)(H,21,23). The fraction of sp³-hybridized carbons (Fsp3) is 0.167. The average Bonchev–Trinajstić information content (AvgIpc) is 2.95. The number of nitrogens with one attached hydrogen (secondary N) is 2. The predicted molar refractivity (Wildman–Crippen MR) is 92.5 cm³/mol. The van der Waals surface area contributed by atoms with E-state index >= 15 is 0 Å². The van der Waals surface area contributed by atoms with Gasteiger partial charge >= 0.3 is 0 Å². The largest absolute Gasteiger partial charge is 0.482 e. The molecule has 1 aliphatic rings. The van der Waals surface area contributed by atoms with Crippen LogP contribution in [0.1, 0.15) is 16.2 Å². The quantitative estimate of drug-likeness (QED) is 0.764. The van der Waals surface area contributed by atoms with Gasteiger partial charge in [-0.25, -0.2) is 4.98 Å². The zero-order valence-corrected chi connectivity index (χ0v) is 13.6. The molecule has 3 aromatic rings. The molecule has 0 spiro atoms. The maximum absolute atomic E-state index is 12.4. The smallest absolute Gasteiger partial charge is 0.262 e. The molecule has 7 nitrogen and oxygen atoms in total. The molecule has 2 amide bonds. The van der Waals surface area contributed by atoms with E-state index in [2.05, 4.69) is 15.6 Å². The van der Waals surface area contributed by atoms with Crippen LogP contribution in [0.25, 0.3) is 11.0 Å². The molecule has 0 fully saturated rings. The number of hydrogen-bond acceptors (Lipinski definition) is 4. The Bertz CT molecular complexity index is 993. The normalized spacial score (nSPS) is 13.1. The number of benzene rings is 2. The molecule has 0 unspecified atom stereocenters. The summed E-state index contributed by atoms with van der Waals surface area (Å²) in [5.41, 5.74) is 2.95. The summed E-state index contributed by atoms with van der Waals surface area (Å²) in [5, 5.41) is 5.56. The number of carbonyl (C=O) groups excluding carboxylic acids is 2. The van der Waals surface area contributed by atoms with Gasteiger partial charge in [0.05, 0.1) is 23.3 Å². The van der Waals surface area contributed by atoms with Crippen LogP contribution in [0.15, 0.2) is 42.5 Å². The molecule has 0 saturated carbocycles. The van der Waals surface area contributed by atoms with Crippen molar-refractivity contribution >= 4 is 28.5 Å². The second kappa shape index (κ2) is 5.94. The third-order valence-electron chi connectivity index (χ3n) is 4.16. The molecule has 1 aromatic heterocycles. The van der Waals surface area contributed by atoms with Gasteiger partial charge in [0, 0.05) is 12.6 Å². The lowest BCUT2D eigenvalue weighted by Crippen LogP contribution is -2.27. The molecule has 25 heavy (non-hydrogen) atoms. The van der Waals surface area contributed by atoms with Crippen LogP contribution in [0.3, 0.4) is 0 Å². The Kier molecular flexibility index (Phi) is 3.61. The summed E-state index contributed by atoms with van der Waals surface area (Å²) in [4.78, 5) is 28.2. The van der Waals surface area contributed by atoms with E-state index in [-0.39, 0.29) is 18.4 Å². The van der Waals surface area contributed by atoms with Gasteiger partial charge in [0.25, 0.3) is 11.8 Å². The number of amides is 2. The van der Waals surface area contributed by atoms with Crippen molar-refractivity contribution in [1.29, 1.82) is 0 Å². The van der Waals surface area contributed by atoms with Crippen molar-refractivity contribution in [1.82, 2.24) is 14.9 Å². The number of ether oxygens (including phenoxy) is 1. The molecular weight excluding hydrogens is 320 g/mol. The molecule has 0 saturated heterocycles. The van der Waals surface area contributed by atoms with Crippen molar-refractivity contribution in [2.75, 3.05) is 11.9 Å². The van der Waals surface area contributed by atoms with Crippen LogP contribution in [0.4, 0.5) is 5.69 Å². The Morgan fingerprint density at radius 3 is 3.00 bits per heavy atom. The molecule has 2 heterocycles. The molecule has 7 heteroatoms. The Hall–Kier alpha value is -3.35. The number of rotatable bonds is 3. The van der Waals surface area contributed by atoms with E-state index in [0.717, 1.165) is 16.9 Å². The Morgan fingerprint density at radius 2 is 2.16 bits per heavy atom. The van der Waals surface area contributed by atoms with Crippen LogP contribution in [-0.4, -0.2) is 28.0 Å². The first-order valence-corrected chi connectivity index (χ1v) is 7.87. The zero-order valence-electron chi connectivity index (χ0n) is 13.6. The zero-order chi connectivity index (χ0) is 17.4. The van der Waals surface area contributed by atoms with Gasteiger partial charge < -0.3 is 19.9 Å². The molecule has 0 aliphatic carbocycles. The summed E-state index contributed by atoms with van der Waals surface area (Å²) in [5.74, 6) is 0.841. The summed E-state index contributed by atoms with van der Waals surface area (Å²) in [7, 11) is 1.92. The molecule has 1 aliphatic heterocycles. The number of fused-ring (bicyclic) bond motifs is 2. The van der Waals surface area contributed by atoms with Crippen LogP contribution in [0, 0.1) is 0 Å². The Labute approximate surface area is 143 Å². The summed E-state index contributed by atoms with van der Waals surface area (Å²) in [6, 6.07) is 12.8. The first-order valence-electron chi connectivity index (χ1n) is 7.87. The summed E-state index contributed by atoms with van der Waals surface area (Å²) < 4.78 is 7.30. The van der Waals surface area contributed by atoms with Gasteiger partial charge in [-0.05, 0) is 30.3 Å². The maximum atomic E-state index is 12.4. The number of anilines is 1. The summed E-state index contributed by atoms with van der Waals surface area (Å²) in [6.07, 6.45) is 0. The highest BCUT2D eigenvalue weighted by Gasteiger charge is 2.18. The van der Waals surface area contributed by atoms with Gasteiger partial charge in [0.15, 0.2) is 6.61 Å². The van der Waals surface area contributed by atoms with Gasteiger partial charge in [-0.1, -0.05) is 12.1 Å². The number of imidazole rings is 1. The maximum Gasteiger partial charge on any atom is 0.262 e. The first kappa shape index (κ1) is 15.2. The highest BCUT2D eigenvalue weighted by atomic mass is 16.5. The van der Waals surface area contributed by atoms with Crippen molar-refractivity contribution in [2.45, 2.75) is 6.54 Å². The van der Waals surface area contributed by atoms with E-state index in [9.17, 15) is 9.59 Å². The van der Waals surface area contributed by atoms with E-state index in [1.165, 1.54) is 0 Å². The van der Waals surface area contributed by atoms with Crippen molar-refractivity contribution in [3.8, 4) is 5.75 Å². The van der Waals surface area contributed by atoms with Gasteiger partial charge in [-0.15, -0.1) is 0 Å². The van der Waals surface area contributed by atoms with Crippen LogP contribution in [-0.2, 0) is 18.4 Å². The van der Waals surface area contributed by atoms with E-state index in [1.54, 1.807) is 18.2 Å². The molecule has 0 atom stereocenters.